The van der Waals surface area contributed by atoms with E-state index in [1.165, 1.54) is 0 Å². The number of hydrogen-bond donors (Lipinski definition) is 2. The van der Waals surface area contributed by atoms with E-state index in [4.69, 9.17) is 0 Å². The number of pyridine rings is 1. The number of hydrogen-bond acceptors (Lipinski definition) is 4. The third kappa shape index (κ3) is 2.71. The van der Waals surface area contributed by atoms with E-state index >= 15 is 0 Å². The molecule has 0 aliphatic heterocycles. The molecule has 3 heterocycles. The van der Waals surface area contributed by atoms with Gasteiger partial charge in [-0.25, -0.2) is 4.98 Å². The predicted molar refractivity (Wildman–Crippen MR) is 106 cm³/mol. The van der Waals surface area contributed by atoms with E-state index in [9.17, 15) is 4.79 Å². The molecular weight excluding hydrogens is 340 g/mol. The first-order valence-electron chi connectivity index (χ1n) is 9.03. The van der Waals surface area contributed by atoms with Crippen molar-refractivity contribution in [2.24, 2.45) is 5.92 Å². The SMILES string of the molecule is CN(C)c1ccc2[nH]ncc2c1-c1ccc2nc(NC(=O)C3CC3)cn2c1. The van der Waals surface area contributed by atoms with Gasteiger partial charge in [0.05, 0.1) is 17.9 Å². The van der Waals surface area contributed by atoms with Crippen molar-refractivity contribution in [1.29, 1.82) is 0 Å². The lowest BCUT2D eigenvalue weighted by Crippen LogP contribution is -2.13. The number of nitrogens with one attached hydrogen (secondary N) is 2. The molecule has 27 heavy (non-hydrogen) atoms. The summed E-state index contributed by atoms with van der Waals surface area (Å²) in [7, 11) is 4.07. The molecule has 3 aromatic heterocycles. The summed E-state index contributed by atoms with van der Waals surface area (Å²) in [5, 5.41) is 11.2. The number of carbonyl (C=O) groups excluding carboxylic acids is 1. The molecule has 136 valence electrons. The molecule has 1 aromatic carbocycles. The van der Waals surface area contributed by atoms with Gasteiger partial charge >= 0.3 is 0 Å². The molecule has 0 spiro atoms. The van der Waals surface area contributed by atoms with Gasteiger partial charge in [-0.15, -0.1) is 0 Å². The molecule has 7 heteroatoms. The van der Waals surface area contributed by atoms with Crippen LogP contribution in [0.25, 0.3) is 27.7 Å². The van der Waals surface area contributed by atoms with Gasteiger partial charge in [0.25, 0.3) is 0 Å². The summed E-state index contributed by atoms with van der Waals surface area (Å²) in [5.74, 6) is 0.821. The molecule has 0 unspecified atom stereocenters. The first-order valence-corrected chi connectivity index (χ1v) is 9.03. The summed E-state index contributed by atoms with van der Waals surface area (Å²) in [6.07, 6.45) is 7.72. The molecule has 1 saturated carbocycles. The lowest BCUT2D eigenvalue weighted by atomic mass is 10.0. The second-order valence-electron chi connectivity index (χ2n) is 7.26. The quantitative estimate of drug-likeness (QED) is 0.585. The molecule has 0 atom stereocenters. The summed E-state index contributed by atoms with van der Waals surface area (Å²) >= 11 is 0. The summed E-state index contributed by atoms with van der Waals surface area (Å²) < 4.78 is 1.95. The number of carbonyl (C=O) groups is 1. The Kier molecular flexibility index (Phi) is 3.43. The van der Waals surface area contributed by atoms with Crippen LogP contribution in [0.2, 0.25) is 0 Å². The fourth-order valence-corrected chi connectivity index (χ4v) is 3.46. The van der Waals surface area contributed by atoms with Crippen molar-refractivity contribution in [3.8, 4) is 11.1 Å². The molecule has 1 aliphatic carbocycles. The van der Waals surface area contributed by atoms with Crippen LogP contribution in [0.1, 0.15) is 12.8 Å². The van der Waals surface area contributed by atoms with Gasteiger partial charge in [-0.3, -0.25) is 9.89 Å². The molecule has 0 saturated heterocycles. The number of H-pyrrole nitrogens is 1. The van der Waals surface area contributed by atoms with E-state index in [-0.39, 0.29) is 11.8 Å². The average molecular weight is 360 g/mol. The molecule has 0 bridgehead atoms. The summed E-state index contributed by atoms with van der Waals surface area (Å²) in [5.41, 5.74) is 5.10. The number of imidazole rings is 1. The van der Waals surface area contributed by atoms with E-state index in [2.05, 4.69) is 37.5 Å². The lowest BCUT2D eigenvalue weighted by Gasteiger charge is -2.18. The number of amides is 1. The van der Waals surface area contributed by atoms with Gasteiger partial charge in [0.15, 0.2) is 5.82 Å². The predicted octanol–water partition coefficient (Wildman–Crippen LogP) is 3.29. The van der Waals surface area contributed by atoms with Gasteiger partial charge in [0.1, 0.15) is 5.65 Å². The third-order valence-electron chi connectivity index (χ3n) is 5.02. The fraction of sp³-hybridized carbons (Fsp3) is 0.250. The maximum absolute atomic E-state index is 12.0. The number of rotatable bonds is 4. The first-order chi connectivity index (χ1) is 13.1. The summed E-state index contributed by atoms with van der Waals surface area (Å²) in [6, 6.07) is 8.17. The largest absolute Gasteiger partial charge is 0.377 e. The van der Waals surface area contributed by atoms with Crippen molar-refractivity contribution in [3.05, 3.63) is 42.9 Å². The van der Waals surface area contributed by atoms with Crippen molar-refractivity contribution < 1.29 is 4.79 Å². The number of nitrogens with zero attached hydrogens (tertiary/aromatic N) is 4. The minimum Gasteiger partial charge on any atom is -0.377 e. The van der Waals surface area contributed by atoms with Crippen molar-refractivity contribution in [2.75, 3.05) is 24.3 Å². The molecule has 2 N–H and O–H groups in total. The number of fused-ring (bicyclic) bond motifs is 2. The maximum atomic E-state index is 12.0. The monoisotopic (exact) mass is 360 g/mol. The van der Waals surface area contributed by atoms with Crippen LogP contribution in [0, 0.1) is 5.92 Å². The van der Waals surface area contributed by atoms with Crippen LogP contribution >= 0.6 is 0 Å². The fourth-order valence-electron chi connectivity index (χ4n) is 3.46. The van der Waals surface area contributed by atoms with Crippen LogP contribution in [0.15, 0.2) is 42.9 Å². The van der Waals surface area contributed by atoms with Crippen molar-refractivity contribution in [2.45, 2.75) is 12.8 Å². The molecule has 1 aliphatic rings. The summed E-state index contributed by atoms with van der Waals surface area (Å²) in [4.78, 5) is 18.6. The maximum Gasteiger partial charge on any atom is 0.228 e. The standard InChI is InChI=1S/C20H20N6O/c1-25(2)16-7-6-15-14(9-21-24-15)19(16)13-5-8-18-22-17(11-26(18)10-13)23-20(27)12-3-4-12/h5-12H,3-4H2,1-2H3,(H,21,24)(H,23,27). The van der Waals surface area contributed by atoms with Gasteiger partial charge in [-0.2, -0.15) is 5.10 Å². The Morgan fingerprint density at radius 3 is 2.85 bits per heavy atom. The van der Waals surface area contributed by atoms with Crippen LogP contribution in [-0.2, 0) is 4.79 Å². The minimum atomic E-state index is 0.0664. The molecule has 1 amide bonds. The first kappa shape index (κ1) is 15.9. The second kappa shape index (κ2) is 5.84. The van der Waals surface area contributed by atoms with E-state index in [1.807, 2.05) is 49.2 Å². The highest BCUT2D eigenvalue weighted by molar-refractivity contribution is 6.01. The van der Waals surface area contributed by atoms with E-state index in [0.717, 1.165) is 46.2 Å². The normalized spacial score (nSPS) is 14.0. The lowest BCUT2D eigenvalue weighted by molar-refractivity contribution is -0.117. The number of aromatic nitrogens is 4. The van der Waals surface area contributed by atoms with Gasteiger partial charge < -0.3 is 14.6 Å². The third-order valence-corrected chi connectivity index (χ3v) is 5.02. The molecule has 1 fully saturated rings. The molecule has 4 aromatic rings. The zero-order valence-corrected chi connectivity index (χ0v) is 15.2. The zero-order valence-electron chi connectivity index (χ0n) is 15.2. The molecular formula is C20H20N6O. The van der Waals surface area contributed by atoms with Crippen LogP contribution in [0.3, 0.4) is 0 Å². The molecule has 5 rings (SSSR count). The Morgan fingerprint density at radius 1 is 1.22 bits per heavy atom. The number of benzene rings is 1. The minimum absolute atomic E-state index is 0.0664. The average Bonchev–Trinajstić information content (AvgIpc) is 3.26. The van der Waals surface area contributed by atoms with Crippen molar-refractivity contribution >= 4 is 34.0 Å². The number of aromatic amines is 1. The van der Waals surface area contributed by atoms with Gasteiger partial charge in [0, 0.05) is 48.4 Å². The van der Waals surface area contributed by atoms with Gasteiger partial charge in [0.2, 0.25) is 5.91 Å². The molecule has 0 radical (unpaired) electrons. The Hall–Kier alpha value is -3.35. The number of anilines is 2. The van der Waals surface area contributed by atoms with E-state index in [1.54, 1.807) is 0 Å². The zero-order chi connectivity index (χ0) is 18.5. The van der Waals surface area contributed by atoms with Crippen molar-refractivity contribution in [1.82, 2.24) is 19.6 Å². The highest BCUT2D eigenvalue weighted by Crippen LogP contribution is 2.36. The van der Waals surface area contributed by atoms with Crippen LogP contribution in [0.4, 0.5) is 11.5 Å². The molecule has 7 nitrogen and oxygen atoms in total. The van der Waals surface area contributed by atoms with E-state index < -0.39 is 0 Å². The van der Waals surface area contributed by atoms with Gasteiger partial charge in [-0.05, 0) is 37.1 Å². The Morgan fingerprint density at radius 2 is 2.07 bits per heavy atom. The smallest absolute Gasteiger partial charge is 0.228 e. The van der Waals surface area contributed by atoms with E-state index in [0.29, 0.717) is 5.82 Å². The van der Waals surface area contributed by atoms with Crippen LogP contribution in [-0.4, -0.2) is 39.6 Å². The van der Waals surface area contributed by atoms with Crippen LogP contribution < -0.4 is 10.2 Å². The highest BCUT2D eigenvalue weighted by Gasteiger charge is 2.30. The Balaban J connectivity index is 1.61. The highest BCUT2D eigenvalue weighted by atomic mass is 16.2. The second-order valence-corrected chi connectivity index (χ2v) is 7.26. The van der Waals surface area contributed by atoms with Gasteiger partial charge in [-0.1, -0.05) is 0 Å². The Bertz CT molecular complexity index is 1170. The van der Waals surface area contributed by atoms with Crippen LogP contribution in [0.5, 0.6) is 0 Å². The summed E-state index contributed by atoms with van der Waals surface area (Å²) in [6.45, 7) is 0. The Labute approximate surface area is 156 Å². The topological polar surface area (TPSA) is 78.3 Å². The van der Waals surface area contributed by atoms with Crippen molar-refractivity contribution in [3.63, 3.8) is 0 Å².